The quantitative estimate of drug-likeness (QED) is 0.860. The van der Waals surface area contributed by atoms with E-state index in [1.807, 2.05) is 17.8 Å². The second-order valence-electron chi connectivity index (χ2n) is 4.10. The van der Waals surface area contributed by atoms with Crippen molar-refractivity contribution in [1.82, 2.24) is 20.1 Å². The molecule has 0 fully saturated rings. The first-order chi connectivity index (χ1) is 8.19. The Morgan fingerprint density at radius 3 is 2.88 bits per heavy atom. The summed E-state index contributed by atoms with van der Waals surface area (Å²) < 4.78 is 7.32. The third kappa shape index (κ3) is 2.94. The Morgan fingerprint density at radius 2 is 2.29 bits per heavy atom. The molecule has 5 heteroatoms. The number of oxazole rings is 1. The molecule has 0 saturated heterocycles. The molecule has 0 bridgehead atoms. The van der Waals surface area contributed by atoms with Crippen molar-refractivity contribution in [2.24, 2.45) is 0 Å². The Labute approximate surface area is 101 Å². The van der Waals surface area contributed by atoms with Gasteiger partial charge in [-0.1, -0.05) is 0 Å². The number of hydrogen-bond acceptors (Lipinski definition) is 4. The summed E-state index contributed by atoms with van der Waals surface area (Å²) in [6.45, 7) is 7.60. The molecule has 0 aliphatic carbocycles. The van der Waals surface area contributed by atoms with Gasteiger partial charge in [-0.2, -0.15) is 5.10 Å². The Balaban J connectivity index is 1.90. The SMILES string of the molecule is CCn1cc(C(C)NCc2ncc(C)o2)cn1. The second-order valence-corrected chi connectivity index (χ2v) is 4.10. The van der Waals surface area contributed by atoms with Gasteiger partial charge in [-0.05, 0) is 20.8 Å². The summed E-state index contributed by atoms with van der Waals surface area (Å²) in [7, 11) is 0. The molecule has 0 spiro atoms. The number of aromatic nitrogens is 3. The van der Waals surface area contributed by atoms with Gasteiger partial charge in [0.1, 0.15) is 5.76 Å². The van der Waals surface area contributed by atoms with Crippen molar-refractivity contribution in [2.75, 3.05) is 0 Å². The van der Waals surface area contributed by atoms with E-state index in [-0.39, 0.29) is 6.04 Å². The fourth-order valence-corrected chi connectivity index (χ4v) is 1.62. The van der Waals surface area contributed by atoms with Crippen LogP contribution in [0.3, 0.4) is 0 Å². The smallest absolute Gasteiger partial charge is 0.208 e. The summed E-state index contributed by atoms with van der Waals surface area (Å²) in [5.41, 5.74) is 1.18. The molecule has 2 heterocycles. The van der Waals surface area contributed by atoms with Crippen molar-refractivity contribution in [3.63, 3.8) is 0 Å². The largest absolute Gasteiger partial charge is 0.445 e. The summed E-state index contributed by atoms with van der Waals surface area (Å²) in [6, 6.07) is 0.238. The first kappa shape index (κ1) is 11.9. The molecule has 0 radical (unpaired) electrons. The standard InChI is InChI=1S/C12H18N4O/c1-4-16-8-11(6-15-16)10(3)13-7-12-14-5-9(2)17-12/h5-6,8,10,13H,4,7H2,1-3H3. The zero-order valence-corrected chi connectivity index (χ0v) is 10.5. The van der Waals surface area contributed by atoms with Gasteiger partial charge < -0.3 is 9.73 Å². The maximum Gasteiger partial charge on any atom is 0.208 e. The molecule has 1 atom stereocenters. The monoisotopic (exact) mass is 234 g/mol. The summed E-state index contributed by atoms with van der Waals surface area (Å²) in [6.07, 6.45) is 5.68. The van der Waals surface area contributed by atoms with Crippen LogP contribution in [-0.2, 0) is 13.1 Å². The third-order valence-corrected chi connectivity index (χ3v) is 2.71. The first-order valence-electron chi connectivity index (χ1n) is 5.86. The maximum absolute atomic E-state index is 5.40. The van der Waals surface area contributed by atoms with Gasteiger partial charge in [0.15, 0.2) is 0 Å². The van der Waals surface area contributed by atoms with Crippen LogP contribution in [0.5, 0.6) is 0 Å². The summed E-state index contributed by atoms with van der Waals surface area (Å²) >= 11 is 0. The second kappa shape index (κ2) is 5.14. The molecule has 0 aliphatic heterocycles. The van der Waals surface area contributed by atoms with E-state index in [9.17, 15) is 0 Å². The Kier molecular flexibility index (Phi) is 3.58. The first-order valence-corrected chi connectivity index (χ1v) is 5.86. The predicted molar refractivity (Wildman–Crippen MR) is 64.4 cm³/mol. The van der Waals surface area contributed by atoms with Crippen LogP contribution < -0.4 is 5.32 Å². The van der Waals surface area contributed by atoms with Gasteiger partial charge in [0.25, 0.3) is 0 Å². The van der Waals surface area contributed by atoms with Crippen molar-refractivity contribution in [1.29, 1.82) is 0 Å². The van der Waals surface area contributed by atoms with Crippen LogP contribution in [0, 0.1) is 6.92 Å². The Morgan fingerprint density at radius 1 is 1.47 bits per heavy atom. The van der Waals surface area contributed by atoms with E-state index >= 15 is 0 Å². The molecular formula is C12H18N4O. The molecule has 5 nitrogen and oxygen atoms in total. The van der Waals surface area contributed by atoms with Gasteiger partial charge in [0.05, 0.1) is 18.9 Å². The van der Waals surface area contributed by atoms with Crippen LogP contribution in [0.2, 0.25) is 0 Å². The van der Waals surface area contributed by atoms with Gasteiger partial charge in [-0.25, -0.2) is 4.98 Å². The molecular weight excluding hydrogens is 216 g/mol. The average Bonchev–Trinajstić information content (AvgIpc) is 2.94. The summed E-state index contributed by atoms with van der Waals surface area (Å²) in [5.74, 6) is 1.56. The molecule has 0 aromatic carbocycles. The normalized spacial score (nSPS) is 12.9. The summed E-state index contributed by atoms with van der Waals surface area (Å²) in [4.78, 5) is 4.15. The maximum atomic E-state index is 5.40. The van der Waals surface area contributed by atoms with Crippen molar-refractivity contribution in [3.05, 3.63) is 35.8 Å². The fraction of sp³-hybridized carbons (Fsp3) is 0.500. The molecule has 17 heavy (non-hydrogen) atoms. The Hall–Kier alpha value is -1.62. The van der Waals surface area contributed by atoms with Gasteiger partial charge in [-0.15, -0.1) is 0 Å². The van der Waals surface area contributed by atoms with Gasteiger partial charge in [-0.3, -0.25) is 4.68 Å². The van der Waals surface area contributed by atoms with Crippen molar-refractivity contribution in [2.45, 2.75) is 39.9 Å². The molecule has 92 valence electrons. The van der Waals surface area contributed by atoms with Gasteiger partial charge in [0, 0.05) is 24.3 Å². The van der Waals surface area contributed by atoms with E-state index in [1.165, 1.54) is 5.56 Å². The molecule has 2 rings (SSSR count). The van der Waals surface area contributed by atoms with Crippen LogP contribution in [0.4, 0.5) is 0 Å². The van der Waals surface area contributed by atoms with E-state index in [1.54, 1.807) is 6.20 Å². The van der Waals surface area contributed by atoms with Crippen LogP contribution in [-0.4, -0.2) is 14.8 Å². The highest BCUT2D eigenvalue weighted by molar-refractivity contribution is 5.09. The zero-order chi connectivity index (χ0) is 12.3. The van der Waals surface area contributed by atoms with E-state index < -0.39 is 0 Å². The molecule has 2 aromatic heterocycles. The fourth-order valence-electron chi connectivity index (χ4n) is 1.62. The lowest BCUT2D eigenvalue weighted by Gasteiger charge is -2.09. The highest BCUT2D eigenvalue weighted by Crippen LogP contribution is 2.12. The van der Waals surface area contributed by atoms with E-state index in [0.29, 0.717) is 6.54 Å². The number of nitrogens with one attached hydrogen (secondary N) is 1. The minimum atomic E-state index is 0.238. The number of rotatable bonds is 5. The molecule has 0 saturated carbocycles. The molecule has 2 aromatic rings. The molecule has 0 amide bonds. The van der Waals surface area contributed by atoms with Crippen molar-refractivity contribution < 1.29 is 4.42 Å². The Bertz CT molecular complexity index is 474. The topological polar surface area (TPSA) is 55.9 Å². The van der Waals surface area contributed by atoms with Crippen LogP contribution >= 0.6 is 0 Å². The molecule has 1 unspecified atom stereocenters. The molecule has 0 aliphatic rings. The van der Waals surface area contributed by atoms with Crippen molar-refractivity contribution >= 4 is 0 Å². The minimum absolute atomic E-state index is 0.238. The predicted octanol–water partition coefficient (Wildman–Crippen LogP) is 2.05. The lowest BCUT2D eigenvalue weighted by Crippen LogP contribution is -2.17. The van der Waals surface area contributed by atoms with Crippen LogP contribution in [0.25, 0.3) is 0 Å². The van der Waals surface area contributed by atoms with E-state index in [4.69, 9.17) is 4.42 Å². The van der Waals surface area contributed by atoms with Crippen molar-refractivity contribution in [3.8, 4) is 0 Å². The highest BCUT2D eigenvalue weighted by atomic mass is 16.4. The number of aryl methyl sites for hydroxylation is 2. The van der Waals surface area contributed by atoms with E-state index in [0.717, 1.165) is 18.2 Å². The summed E-state index contributed by atoms with van der Waals surface area (Å²) in [5, 5.41) is 7.61. The lowest BCUT2D eigenvalue weighted by molar-refractivity contribution is 0.432. The number of nitrogens with zero attached hydrogens (tertiary/aromatic N) is 3. The lowest BCUT2D eigenvalue weighted by atomic mass is 10.2. The van der Waals surface area contributed by atoms with E-state index in [2.05, 4.69) is 35.4 Å². The number of hydrogen-bond donors (Lipinski definition) is 1. The van der Waals surface area contributed by atoms with Gasteiger partial charge in [0.2, 0.25) is 5.89 Å². The highest BCUT2D eigenvalue weighted by Gasteiger charge is 2.08. The van der Waals surface area contributed by atoms with Gasteiger partial charge >= 0.3 is 0 Å². The third-order valence-electron chi connectivity index (χ3n) is 2.71. The van der Waals surface area contributed by atoms with Crippen LogP contribution in [0.15, 0.2) is 23.0 Å². The van der Waals surface area contributed by atoms with Crippen LogP contribution in [0.1, 0.15) is 37.1 Å². The molecule has 1 N–H and O–H groups in total. The minimum Gasteiger partial charge on any atom is -0.445 e. The zero-order valence-electron chi connectivity index (χ0n) is 10.5. The average molecular weight is 234 g/mol.